The summed E-state index contributed by atoms with van der Waals surface area (Å²) in [6.07, 6.45) is 2.21. The van der Waals surface area contributed by atoms with Crippen molar-refractivity contribution in [2.75, 3.05) is 6.61 Å². The summed E-state index contributed by atoms with van der Waals surface area (Å²) in [7, 11) is -3.90. The quantitative estimate of drug-likeness (QED) is 0.783. The smallest absolute Gasteiger partial charge is 0.264 e. The predicted octanol–water partition coefficient (Wildman–Crippen LogP) is 0.411. The molecule has 0 saturated carbocycles. The fourth-order valence-electron chi connectivity index (χ4n) is 1.93. The Morgan fingerprint density at radius 1 is 1.48 bits per heavy atom. The van der Waals surface area contributed by atoms with E-state index in [0.29, 0.717) is 13.2 Å². The number of nitrogens with zero attached hydrogens (tertiary/aromatic N) is 2. The van der Waals surface area contributed by atoms with Crippen molar-refractivity contribution in [2.24, 2.45) is 5.41 Å². The van der Waals surface area contributed by atoms with Crippen molar-refractivity contribution in [1.82, 2.24) is 20.0 Å². The van der Waals surface area contributed by atoms with Crippen LogP contribution in [0.5, 0.6) is 5.88 Å². The van der Waals surface area contributed by atoms with Gasteiger partial charge in [-0.15, -0.1) is 4.83 Å². The standard InChI is InChI=1S/C12H20N4O4S/c1-12(2,3)7-10(17)14-15-21(18,19)9-8-13-16-5-4-6-20-11(9)16/h8,15H,4-7H2,1-3H3,(H,14,17). The zero-order valence-corrected chi connectivity index (χ0v) is 13.2. The van der Waals surface area contributed by atoms with Crippen LogP contribution in [-0.2, 0) is 21.4 Å². The minimum atomic E-state index is -3.90. The van der Waals surface area contributed by atoms with E-state index in [4.69, 9.17) is 4.74 Å². The van der Waals surface area contributed by atoms with Gasteiger partial charge < -0.3 is 4.74 Å². The number of sulfonamides is 1. The lowest BCUT2D eigenvalue weighted by molar-refractivity contribution is -0.123. The summed E-state index contributed by atoms with van der Waals surface area (Å²) in [4.78, 5) is 13.7. The van der Waals surface area contributed by atoms with Gasteiger partial charge in [0.25, 0.3) is 10.0 Å². The van der Waals surface area contributed by atoms with E-state index in [0.717, 1.165) is 6.42 Å². The Morgan fingerprint density at radius 2 is 2.19 bits per heavy atom. The van der Waals surface area contributed by atoms with Crippen LogP contribution >= 0.6 is 0 Å². The average Bonchev–Trinajstić information content (AvgIpc) is 2.79. The van der Waals surface area contributed by atoms with Crippen LogP contribution in [0, 0.1) is 5.41 Å². The van der Waals surface area contributed by atoms with E-state index < -0.39 is 15.9 Å². The number of aromatic nitrogens is 2. The molecule has 0 aromatic carbocycles. The van der Waals surface area contributed by atoms with Crippen molar-refractivity contribution in [3.63, 3.8) is 0 Å². The molecule has 21 heavy (non-hydrogen) atoms. The number of hydrogen-bond donors (Lipinski definition) is 2. The number of ether oxygens (including phenoxy) is 1. The molecule has 2 N–H and O–H groups in total. The highest BCUT2D eigenvalue weighted by Crippen LogP contribution is 2.26. The summed E-state index contributed by atoms with van der Waals surface area (Å²) >= 11 is 0. The van der Waals surface area contributed by atoms with Crippen molar-refractivity contribution < 1.29 is 17.9 Å². The number of fused-ring (bicyclic) bond motifs is 1. The van der Waals surface area contributed by atoms with Crippen LogP contribution in [0.1, 0.15) is 33.6 Å². The molecule has 0 bridgehead atoms. The van der Waals surface area contributed by atoms with Gasteiger partial charge in [-0.1, -0.05) is 20.8 Å². The second kappa shape index (κ2) is 5.64. The van der Waals surface area contributed by atoms with E-state index in [9.17, 15) is 13.2 Å². The van der Waals surface area contributed by atoms with Crippen molar-refractivity contribution >= 4 is 15.9 Å². The Bertz CT molecular complexity index is 630. The maximum Gasteiger partial charge on any atom is 0.264 e. The zero-order valence-electron chi connectivity index (χ0n) is 12.3. The van der Waals surface area contributed by atoms with E-state index in [1.807, 2.05) is 20.8 Å². The van der Waals surface area contributed by atoms with Crippen LogP contribution in [0.3, 0.4) is 0 Å². The highest BCUT2D eigenvalue weighted by Gasteiger charge is 2.27. The molecule has 0 fully saturated rings. The maximum absolute atomic E-state index is 12.2. The van der Waals surface area contributed by atoms with Gasteiger partial charge in [0.05, 0.1) is 12.8 Å². The van der Waals surface area contributed by atoms with Crippen LogP contribution in [0.2, 0.25) is 0 Å². The lowest BCUT2D eigenvalue weighted by Crippen LogP contribution is -2.42. The van der Waals surface area contributed by atoms with Gasteiger partial charge in [0.15, 0.2) is 4.90 Å². The number of carbonyl (C=O) groups is 1. The Morgan fingerprint density at radius 3 is 2.86 bits per heavy atom. The monoisotopic (exact) mass is 316 g/mol. The molecule has 0 saturated heterocycles. The van der Waals surface area contributed by atoms with Crippen molar-refractivity contribution in [3.05, 3.63) is 6.20 Å². The van der Waals surface area contributed by atoms with E-state index in [1.165, 1.54) is 10.9 Å². The summed E-state index contributed by atoms with van der Waals surface area (Å²) in [6.45, 7) is 6.74. The van der Waals surface area contributed by atoms with Crippen molar-refractivity contribution in [1.29, 1.82) is 0 Å². The molecule has 1 aliphatic heterocycles. The lowest BCUT2D eigenvalue weighted by Gasteiger charge is -2.18. The summed E-state index contributed by atoms with van der Waals surface area (Å²) in [5.41, 5.74) is 1.98. The number of hydrogen-bond acceptors (Lipinski definition) is 5. The summed E-state index contributed by atoms with van der Waals surface area (Å²) in [5, 5.41) is 3.97. The molecule has 0 aliphatic carbocycles. The topological polar surface area (TPSA) is 102 Å². The molecule has 1 aromatic rings. The van der Waals surface area contributed by atoms with Gasteiger partial charge in [-0.05, 0) is 5.41 Å². The zero-order chi connectivity index (χ0) is 15.7. The molecule has 2 rings (SSSR count). The highest BCUT2D eigenvalue weighted by molar-refractivity contribution is 7.89. The second-order valence-corrected chi connectivity index (χ2v) is 7.78. The first-order valence-corrected chi connectivity index (χ1v) is 8.17. The molecule has 1 amide bonds. The van der Waals surface area contributed by atoms with Crippen LogP contribution in [0.25, 0.3) is 0 Å². The SMILES string of the molecule is CC(C)(C)CC(=O)NNS(=O)(=O)c1cnn2c1OCCC2. The first-order valence-electron chi connectivity index (χ1n) is 6.68. The van der Waals surface area contributed by atoms with Crippen molar-refractivity contribution in [2.45, 2.75) is 45.1 Å². The third-order valence-electron chi connectivity index (χ3n) is 2.82. The van der Waals surface area contributed by atoms with E-state index in [2.05, 4.69) is 15.4 Å². The van der Waals surface area contributed by atoms with E-state index >= 15 is 0 Å². The minimum Gasteiger partial charge on any atom is -0.477 e. The van der Waals surface area contributed by atoms with Gasteiger partial charge in [0.1, 0.15) is 0 Å². The molecule has 9 heteroatoms. The molecular formula is C12H20N4O4S. The molecule has 0 unspecified atom stereocenters. The van der Waals surface area contributed by atoms with E-state index in [1.54, 1.807) is 0 Å². The summed E-state index contributed by atoms with van der Waals surface area (Å²) in [5.74, 6) is -0.188. The number of aryl methyl sites for hydroxylation is 1. The molecule has 2 heterocycles. The third-order valence-corrected chi connectivity index (χ3v) is 4.05. The minimum absolute atomic E-state index is 0.0711. The van der Waals surface area contributed by atoms with Gasteiger partial charge in [-0.2, -0.15) is 5.10 Å². The van der Waals surface area contributed by atoms with Gasteiger partial charge in [-0.25, -0.2) is 13.1 Å². The summed E-state index contributed by atoms with van der Waals surface area (Å²) in [6, 6.07) is 0. The number of rotatable bonds is 4. The fraction of sp³-hybridized carbons (Fsp3) is 0.667. The lowest BCUT2D eigenvalue weighted by atomic mass is 9.92. The Kier molecular flexibility index (Phi) is 4.24. The molecule has 0 spiro atoms. The number of nitrogens with one attached hydrogen (secondary N) is 2. The van der Waals surface area contributed by atoms with Gasteiger partial charge in [0, 0.05) is 19.4 Å². The van der Waals surface area contributed by atoms with Crippen LogP contribution in [-0.4, -0.2) is 30.7 Å². The molecular weight excluding hydrogens is 296 g/mol. The van der Waals surface area contributed by atoms with Crippen LogP contribution in [0.15, 0.2) is 11.1 Å². The number of carbonyl (C=O) groups excluding carboxylic acids is 1. The van der Waals surface area contributed by atoms with Gasteiger partial charge in [-0.3, -0.25) is 10.2 Å². The Labute approximate surface area is 123 Å². The number of amides is 1. The van der Waals surface area contributed by atoms with Crippen LogP contribution < -0.4 is 15.0 Å². The normalized spacial score (nSPS) is 15.2. The van der Waals surface area contributed by atoms with Crippen molar-refractivity contribution in [3.8, 4) is 5.88 Å². The van der Waals surface area contributed by atoms with Gasteiger partial charge in [0.2, 0.25) is 11.8 Å². The predicted molar refractivity (Wildman–Crippen MR) is 74.9 cm³/mol. The Balaban J connectivity index is 2.06. The first-order chi connectivity index (χ1) is 9.69. The number of hydrazine groups is 1. The highest BCUT2D eigenvalue weighted by atomic mass is 32.2. The molecule has 1 aromatic heterocycles. The molecule has 8 nitrogen and oxygen atoms in total. The first kappa shape index (κ1) is 15.8. The third kappa shape index (κ3) is 3.94. The van der Waals surface area contributed by atoms with Gasteiger partial charge >= 0.3 is 0 Å². The molecule has 0 radical (unpaired) electrons. The second-order valence-electron chi connectivity index (χ2n) is 6.13. The van der Waals surface area contributed by atoms with Crippen LogP contribution in [0.4, 0.5) is 0 Å². The summed E-state index contributed by atoms with van der Waals surface area (Å²) < 4.78 is 31.2. The fourth-order valence-corrected chi connectivity index (χ4v) is 2.87. The Hall–Kier alpha value is -1.61. The van der Waals surface area contributed by atoms with E-state index in [-0.39, 0.29) is 22.6 Å². The average molecular weight is 316 g/mol. The molecule has 0 atom stereocenters. The maximum atomic E-state index is 12.2. The molecule has 1 aliphatic rings. The molecule has 118 valence electrons. The largest absolute Gasteiger partial charge is 0.477 e.